The highest BCUT2D eigenvalue weighted by Gasteiger charge is 2.27. The van der Waals surface area contributed by atoms with Gasteiger partial charge in [-0.1, -0.05) is 31.0 Å². The highest BCUT2D eigenvalue weighted by Crippen LogP contribution is 2.27. The maximum Gasteiger partial charge on any atom is 0.251 e. The maximum absolute atomic E-state index is 12.0. The van der Waals surface area contributed by atoms with Gasteiger partial charge in [0.1, 0.15) is 0 Å². The quantitative estimate of drug-likeness (QED) is 0.922. The molecule has 1 aliphatic heterocycles. The number of piperidine rings is 1. The predicted molar refractivity (Wildman–Crippen MR) is 85.3 cm³/mol. The highest BCUT2D eigenvalue weighted by molar-refractivity contribution is 5.94. The second-order valence-electron chi connectivity index (χ2n) is 6.49. The van der Waals surface area contributed by atoms with E-state index in [1.54, 1.807) is 0 Å². The molecule has 0 spiro atoms. The van der Waals surface area contributed by atoms with Crippen LogP contribution in [0.3, 0.4) is 0 Å². The Morgan fingerprint density at radius 1 is 1.05 bits per heavy atom. The minimum atomic E-state index is 0.0637. The summed E-state index contributed by atoms with van der Waals surface area (Å²) in [6.07, 6.45) is 8.08. The molecular formula is C18H26N2O. The van der Waals surface area contributed by atoms with E-state index in [1.807, 2.05) is 30.3 Å². The van der Waals surface area contributed by atoms with Crippen molar-refractivity contribution in [2.45, 2.75) is 44.6 Å². The number of amides is 1. The van der Waals surface area contributed by atoms with Crippen molar-refractivity contribution in [3.8, 4) is 0 Å². The number of benzene rings is 1. The van der Waals surface area contributed by atoms with Gasteiger partial charge in [0, 0.05) is 18.2 Å². The first-order valence-corrected chi connectivity index (χ1v) is 8.40. The van der Waals surface area contributed by atoms with Crippen molar-refractivity contribution >= 4 is 5.91 Å². The van der Waals surface area contributed by atoms with E-state index in [0.29, 0.717) is 5.92 Å². The van der Waals surface area contributed by atoms with E-state index in [4.69, 9.17) is 0 Å². The summed E-state index contributed by atoms with van der Waals surface area (Å²) in [5, 5.41) is 3.10. The largest absolute Gasteiger partial charge is 0.352 e. The van der Waals surface area contributed by atoms with Crippen molar-refractivity contribution in [2.24, 2.45) is 5.92 Å². The summed E-state index contributed by atoms with van der Waals surface area (Å²) in [7, 11) is 0. The molecule has 114 valence electrons. The molecular weight excluding hydrogens is 260 g/mol. The third-order valence-electron chi connectivity index (χ3n) is 5.08. The van der Waals surface area contributed by atoms with Crippen LogP contribution in [-0.2, 0) is 0 Å². The van der Waals surface area contributed by atoms with Crippen molar-refractivity contribution in [1.29, 1.82) is 0 Å². The Balaban J connectivity index is 1.40. The first kappa shape index (κ1) is 14.6. The molecule has 1 aliphatic carbocycles. The molecule has 0 unspecified atom stereocenters. The lowest BCUT2D eigenvalue weighted by molar-refractivity contribution is 0.0924. The van der Waals surface area contributed by atoms with Crippen LogP contribution in [0.2, 0.25) is 0 Å². The lowest BCUT2D eigenvalue weighted by Gasteiger charge is -2.36. The molecule has 21 heavy (non-hydrogen) atoms. The van der Waals surface area contributed by atoms with Crippen LogP contribution in [0.4, 0.5) is 0 Å². The maximum atomic E-state index is 12.0. The molecule has 0 aromatic heterocycles. The Labute approximate surface area is 127 Å². The molecule has 1 N–H and O–H groups in total. The van der Waals surface area contributed by atoms with Crippen LogP contribution >= 0.6 is 0 Å². The summed E-state index contributed by atoms with van der Waals surface area (Å²) in [4.78, 5) is 14.7. The van der Waals surface area contributed by atoms with Gasteiger partial charge >= 0.3 is 0 Å². The number of likely N-dealkylation sites (tertiary alicyclic amines) is 1. The third kappa shape index (κ3) is 3.85. The van der Waals surface area contributed by atoms with E-state index in [0.717, 1.165) is 18.2 Å². The molecule has 1 amide bonds. The lowest BCUT2D eigenvalue weighted by Crippen LogP contribution is -2.42. The van der Waals surface area contributed by atoms with E-state index < -0.39 is 0 Å². The van der Waals surface area contributed by atoms with E-state index in [-0.39, 0.29) is 5.91 Å². The molecule has 1 saturated carbocycles. The van der Waals surface area contributed by atoms with Gasteiger partial charge in [0.15, 0.2) is 0 Å². The summed E-state index contributed by atoms with van der Waals surface area (Å²) >= 11 is 0. The van der Waals surface area contributed by atoms with Crippen molar-refractivity contribution in [3.63, 3.8) is 0 Å². The highest BCUT2D eigenvalue weighted by atomic mass is 16.1. The van der Waals surface area contributed by atoms with Gasteiger partial charge in [-0.05, 0) is 56.8 Å². The van der Waals surface area contributed by atoms with E-state index in [1.165, 1.54) is 51.6 Å². The average Bonchev–Trinajstić information content (AvgIpc) is 3.08. The number of carbonyl (C=O) groups excluding carboxylic acids is 1. The minimum absolute atomic E-state index is 0.0637. The molecule has 1 aromatic carbocycles. The second-order valence-corrected chi connectivity index (χ2v) is 6.49. The van der Waals surface area contributed by atoms with Gasteiger partial charge in [0.25, 0.3) is 5.91 Å². The molecule has 1 heterocycles. The SMILES string of the molecule is O=C(NCC1CCN(C2CCCC2)CC1)c1ccccc1. The fraction of sp³-hybridized carbons (Fsp3) is 0.611. The average molecular weight is 286 g/mol. The molecule has 1 aromatic rings. The Hall–Kier alpha value is -1.35. The summed E-state index contributed by atoms with van der Waals surface area (Å²) < 4.78 is 0. The van der Waals surface area contributed by atoms with Crippen LogP contribution < -0.4 is 5.32 Å². The molecule has 0 atom stereocenters. The standard InChI is InChI=1S/C18H26N2O/c21-18(16-6-2-1-3-7-16)19-14-15-10-12-20(13-11-15)17-8-4-5-9-17/h1-3,6-7,15,17H,4-5,8-14H2,(H,19,21). The van der Waals surface area contributed by atoms with Gasteiger partial charge in [-0.15, -0.1) is 0 Å². The first-order valence-electron chi connectivity index (χ1n) is 8.40. The van der Waals surface area contributed by atoms with Crippen molar-refractivity contribution in [3.05, 3.63) is 35.9 Å². The molecule has 3 rings (SSSR count). The van der Waals surface area contributed by atoms with E-state index in [2.05, 4.69) is 10.2 Å². The molecule has 2 fully saturated rings. The van der Waals surface area contributed by atoms with Crippen LogP contribution in [0.1, 0.15) is 48.9 Å². The molecule has 1 saturated heterocycles. The van der Waals surface area contributed by atoms with Crippen molar-refractivity contribution in [1.82, 2.24) is 10.2 Å². The fourth-order valence-electron chi connectivity index (χ4n) is 3.72. The summed E-state index contributed by atoms with van der Waals surface area (Å²) in [6, 6.07) is 10.4. The van der Waals surface area contributed by atoms with Gasteiger partial charge in [0.05, 0.1) is 0 Å². The van der Waals surface area contributed by atoms with Gasteiger partial charge in [-0.25, -0.2) is 0 Å². The summed E-state index contributed by atoms with van der Waals surface area (Å²) in [6.45, 7) is 3.26. The second kappa shape index (κ2) is 7.08. The normalized spacial score (nSPS) is 21.5. The summed E-state index contributed by atoms with van der Waals surface area (Å²) in [5.41, 5.74) is 0.765. The zero-order valence-corrected chi connectivity index (χ0v) is 12.8. The predicted octanol–water partition coefficient (Wildman–Crippen LogP) is 3.07. The molecule has 0 bridgehead atoms. The van der Waals surface area contributed by atoms with Crippen LogP contribution in [0.5, 0.6) is 0 Å². The summed E-state index contributed by atoms with van der Waals surface area (Å²) in [5.74, 6) is 0.712. The lowest BCUT2D eigenvalue weighted by atomic mass is 9.95. The molecule has 2 aliphatic rings. The van der Waals surface area contributed by atoms with Crippen molar-refractivity contribution < 1.29 is 4.79 Å². The smallest absolute Gasteiger partial charge is 0.251 e. The number of hydrogen-bond donors (Lipinski definition) is 1. The third-order valence-corrected chi connectivity index (χ3v) is 5.08. The van der Waals surface area contributed by atoms with Crippen molar-refractivity contribution in [2.75, 3.05) is 19.6 Å². The van der Waals surface area contributed by atoms with Crippen LogP contribution in [0.25, 0.3) is 0 Å². The Morgan fingerprint density at radius 3 is 2.38 bits per heavy atom. The van der Waals surface area contributed by atoms with Gasteiger partial charge in [-0.2, -0.15) is 0 Å². The van der Waals surface area contributed by atoms with Gasteiger partial charge in [-0.3, -0.25) is 4.79 Å². The zero-order chi connectivity index (χ0) is 14.5. The zero-order valence-electron chi connectivity index (χ0n) is 12.8. The number of nitrogens with zero attached hydrogens (tertiary/aromatic N) is 1. The molecule has 0 radical (unpaired) electrons. The number of nitrogens with one attached hydrogen (secondary N) is 1. The first-order chi connectivity index (χ1) is 10.3. The van der Waals surface area contributed by atoms with Crippen LogP contribution in [0, 0.1) is 5.92 Å². The molecule has 3 nitrogen and oxygen atoms in total. The van der Waals surface area contributed by atoms with E-state index in [9.17, 15) is 4.79 Å². The topological polar surface area (TPSA) is 32.3 Å². The number of hydrogen-bond acceptors (Lipinski definition) is 2. The Morgan fingerprint density at radius 2 is 1.71 bits per heavy atom. The van der Waals surface area contributed by atoms with E-state index >= 15 is 0 Å². The van der Waals surface area contributed by atoms with Gasteiger partial charge < -0.3 is 10.2 Å². The van der Waals surface area contributed by atoms with Gasteiger partial charge in [0.2, 0.25) is 0 Å². The minimum Gasteiger partial charge on any atom is -0.352 e. The monoisotopic (exact) mass is 286 g/mol. The number of rotatable bonds is 4. The Kier molecular flexibility index (Phi) is 4.91. The molecule has 3 heteroatoms. The van der Waals surface area contributed by atoms with Crippen LogP contribution in [0.15, 0.2) is 30.3 Å². The fourth-order valence-corrected chi connectivity index (χ4v) is 3.72. The number of carbonyl (C=O) groups is 1. The Bertz CT molecular complexity index is 446. The van der Waals surface area contributed by atoms with Crippen LogP contribution in [-0.4, -0.2) is 36.5 Å².